The van der Waals surface area contributed by atoms with Crippen LogP contribution in [0.1, 0.15) is 47.1 Å². The standard InChI is InChI=1S/C26H29BrF3N3O5/c1-24(2,3)37-22(34)33(23(35)38-25(4,5)6)13-16-12-18(20-21(19(16)27)32(7)14-31-20)15-8-10-17(11-9-15)36-26(28,29)30/h8-12,14H,13H2,1-7H3. The average Bonchev–Trinajstić information content (AvgIpc) is 3.12. The van der Waals surface area contributed by atoms with Crippen molar-refractivity contribution >= 4 is 39.1 Å². The number of nitrogens with zero attached hydrogens (tertiary/aromatic N) is 3. The first kappa shape index (κ1) is 29.3. The average molecular weight is 600 g/mol. The normalized spacial score (nSPS) is 12.4. The van der Waals surface area contributed by atoms with Gasteiger partial charge in [0, 0.05) is 17.1 Å². The van der Waals surface area contributed by atoms with Crippen LogP contribution in [0.4, 0.5) is 22.8 Å². The van der Waals surface area contributed by atoms with Crippen molar-refractivity contribution in [1.82, 2.24) is 14.5 Å². The summed E-state index contributed by atoms with van der Waals surface area (Å²) < 4.78 is 55.0. The van der Waals surface area contributed by atoms with E-state index in [0.717, 1.165) is 4.90 Å². The van der Waals surface area contributed by atoms with E-state index in [1.165, 1.54) is 24.3 Å². The number of carbonyl (C=O) groups excluding carboxylic acids is 2. The fourth-order valence-corrected chi connectivity index (χ4v) is 4.23. The third-order valence-corrected chi connectivity index (χ3v) is 5.84. The van der Waals surface area contributed by atoms with Crippen LogP contribution in [-0.2, 0) is 23.1 Å². The predicted octanol–water partition coefficient (Wildman–Crippen LogP) is 7.57. The van der Waals surface area contributed by atoms with Gasteiger partial charge in [0.05, 0.1) is 23.9 Å². The molecule has 1 aromatic heterocycles. The lowest BCUT2D eigenvalue weighted by molar-refractivity contribution is -0.274. The number of aromatic nitrogens is 2. The molecule has 0 fully saturated rings. The molecular formula is C26H29BrF3N3O5. The fraction of sp³-hybridized carbons (Fsp3) is 0.423. The highest BCUT2D eigenvalue weighted by Crippen LogP contribution is 2.37. The number of amides is 2. The Morgan fingerprint density at radius 3 is 1.97 bits per heavy atom. The third kappa shape index (κ3) is 7.40. The molecule has 0 N–H and O–H groups in total. The maximum Gasteiger partial charge on any atom is 0.573 e. The Morgan fingerprint density at radius 2 is 1.50 bits per heavy atom. The summed E-state index contributed by atoms with van der Waals surface area (Å²) in [5.74, 6) is -0.364. The molecule has 0 aliphatic carbocycles. The number of imidazole rings is 1. The number of ether oxygens (including phenoxy) is 3. The quantitative estimate of drug-likeness (QED) is 0.307. The minimum Gasteiger partial charge on any atom is -0.443 e. The van der Waals surface area contributed by atoms with Crippen LogP contribution in [0.3, 0.4) is 0 Å². The maximum atomic E-state index is 13.1. The van der Waals surface area contributed by atoms with E-state index in [2.05, 4.69) is 25.7 Å². The molecule has 0 radical (unpaired) electrons. The van der Waals surface area contributed by atoms with Gasteiger partial charge in [-0.25, -0.2) is 19.5 Å². The minimum atomic E-state index is -4.81. The molecule has 0 aliphatic heterocycles. The maximum absolute atomic E-state index is 13.1. The van der Waals surface area contributed by atoms with Crippen molar-refractivity contribution in [2.75, 3.05) is 0 Å². The number of hydrogen-bond acceptors (Lipinski definition) is 6. The largest absolute Gasteiger partial charge is 0.573 e. The van der Waals surface area contributed by atoms with Crippen molar-refractivity contribution in [2.45, 2.75) is 65.7 Å². The van der Waals surface area contributed by atoms with Gasteiger partial charge in [-0.05, 0) is 86.8 Å². The number of aryl methyl sites for hydroxylation is 1. The molecule has 1 heterocycles. The molecule has 0 bridgehead atoms. The molecule has 0 spiro atoms. The zero-order chi connectivity index (χ0) is 28.6. The Balaban J connectivity index is 2.10. The van der Waals surface area contributed by atoms with Crippen molar-refractivity contribution in [1.29, 1.82) is 0 Å². The smallest absolute Gasteiger partial charge is 0.443 e. The summed E-state index contributed by atoms with van der Waals surface area (Å²) in [5, 5.41) is 0. The summed E-state index contributed by atoms with van der Waals surface area (Å²) in [6, 6.07) is 7.06. The monoisotopic (exact) mass is 599 g/mol. The van der Waals surface area contributed by atoms with Crippen LogP contribution in [0.25, 0.3) is 22.2 Å². The number of carbonyl (C=O) groups is 2. The molecule has 12 heteroatoms. The van der Waals surface area contributed by atoms with E-state index in [0.29, 0.717) is 32.2 Å². The second-order valence-electron chi connectivity index (χ2n) is 10.6. The number of imide groups is 1. The number of rotatable bonds is 4. The van der Waals surface area contributed by atoms with Crippen LogP contribution in [0.15, 0.2) is 41.1 Å². The minimum absolute atomic E-state index is 0.214. The van der Waals surface area contributed by atoms with Gasteiger partial charge in [0.1, 0.15) is 17.0 Å². The van der Waals surface area contributed by atoms with E-state index < -0.39 is 29.8 Å². The molecule has 206 valence electrons. The Morgan fingerprint density at radius 1 is 0.974 bits per heavy atom. The van der Waals surface area contributed by atoms with Gasteiger partial charge in [-0.2, -0.15) is 0 Å². The molecular weight excluding hydrogens is 571 g/mol. The molecule has 2 amide bonds. The zero-order valence-electron chi connectivity index (χ0n) is 22.1. The molecule has 0 unspecified atom stereocenters. The number of fused-ring (bicyclic) bond motifs is 1. The molecule has 3 rings (SSSR count). The zero-order valence-corrected chi connectivity index (χ0v) is 23.7. The van der Waals surface area contributed by atoms with Crippen molar-refractivity contribution in [3.63, 3.8) is 0 Å². The van der Waals surface area contributed by atoms with E-state index in [1.807, 2.05) is 0 Å². The molecule has 0 saturated heterocycles. The van der Waals surface area contributed by atoms with Gasteiger partial charge < -0.3 is 18.8 Å². The molecule has 3 aromatic rings. The van der Waals surface area contributed by atoms with Crippen LogP contribution in [0.5, 0.6) is 5.75 Å². The van der Waals surface area contributed by atoms with E-state index in [1.54, 1.807) is 65.6 Å². The summed E-state index contributed by atoms with van der Waals surface area (Å²) in [6.45, 7) is 9.87. The van der Waals surface area contributed by atoms with E-state index in [9.17, 15) is 22.8 Å². The first-order chi connectivity index (χ1) is 17.3. The molecule has 2 aromatic carbocycles. The van der Waals surface area contributed by atoms with Crippen LogP contribution in [0.2, 0.25) is 0 Å². The summed E-state index contributed by atoms with van der Waals surface area (Å²) in [6.07, 6.45) is -5.01. The second-order valence-corrected chi connectivity index (χ2v) is 11.4. The van der Waals surface area contributed by atoms with Crippen molar-refractivity contribution in [3.8, 4) is 16.9 Å². The Bertz CT molecular complexity index is 1310. The summed E-state index contributed by atoms with van der Waals surface area (Å²) in [5.41, 5.74) is 1.13. The van der Waals surface area contributed by atoms with Gasteiger partial charge in [-0.3, -0.25) is 0 Å². The van der Waals surface area contributed by atoms with E-state index in [-0.39, 0.29) is 12.3 Å². The van der Waals surface area contributed by atoms with Crippen LogP contribution < -0.4 is 4.74 Å². The molecule has 0 saturated carbocycles. The Kier molecular flexibility index (Phi) is 8.07. The van der Waals surface area contributed by atoms with Gasteiger partial charge in [-0.15, -0.1) is 13.2 Å². The summed E-state index contributed by atoms with van der Waals surface area (Å²) >= 11 is 3.58. The van der Waals surface area contributed by atoms with Crippen molar-refractivity contribution < 1.29 is 37.0 Å². The number of benzene rings is 2. The molecule has 8 nitrogen and oxygen atoms in total. The predicted molar refractivity (Wildman–Crippen MR) is 139 cm³/mol. The summed E-state index contributed by atoms with van der Waals surface area (Å²) in [7, 11) is 1.77. The lowest BCUT2D eigenvalue weighted by Crippen LogP contribution is -2.43. The molecule has 0 aliphatic rings. The van der Waals surface area contributed by atoms with Crippen LogP contribution >= 0.6 is 15.9 Å². The van der Waals surface area contributed by atoms with Gasteiger partial charge >= 0.3 is 18.5 Å². The van der Waals surface area contributed by atoms with Gasteiger partial charge in [-0.1, -0.05) is 12.1 Å². The number of alkyl halides is 3. The van der Waals surface area contributed by atoms with Crippen LogP contribution in [-0.4, -0.2) is 44.2 Å². The lowest BCUT2D eigenvalue weighted by Gasteiger charge is -2.29. The van der Waals surface area contributed by atoms with E-state index in [4.69, 9.17) is 9.47 Å². The topological polar surface area (TPSA) is 82.9 Å². The highest BCUT2D eigenvalue weighted by Gasteiger charge is 2.33. The van der Waals surface area contributed by atoms with Crippen molar-refractivity contribution in [2.24, 2.45) is 7.05 Å². The Hall–Kier alpha value is -3.28. The molecule has 38 heavy (non-hydrogen) atoms. The second kappa shape index (κ2) is 10.5. The van der Waals surface area contributed by atoms with E-state index >= 15 is 0 Å². The Labute approximate surface area is 226 Å². The first-order valence-corrected chi connectivity index (χ1v) is 12.4. The molecule has 0 atom stereocenters. The first-order valence-electron chi connectivity index (χ1n) is 11.6. The van der Waals surface area contributed by atoms with Gasteiger partial charge in [0.2, 0.25) is 0 Å². The highest BCUT2D eigenvalue weighted by molar-refractivity contribution is 9.10. The van der Waals surface area contributed by atoms with Crippen molar-refractivity contribution in [3.05, 3.63) is 46.7 Å². The number of halogens is 4. The third-order valence-electron chi connectivity index (χ3n) is 4.96. The van der Waals surface area contributed by atoms with Gasteiger partial charge in [0.25, 0.3) is 0 Å². The lowest BCUT2D eigenvalue weighted by atomic mass is 10.0. The number of hydrogen-bond donors (Lipinski definition) is 0. The summed E-state index contributed by atoms with van der Waals surface area (Å²) in [4.78, 5) is 31.4. The van der Waals surface area contributed by atoms with Crippen LogP contribution in [0, 0.1) is 0 Å². The SMILES string of the molecule is Cn1cnc2c(-c3ccc(OC(F)(F)F)cc3)cc(CN(C(=O)OC(C)(C)C)C(=O)OC(C)(C)C)c(Br)c21. The fourth-order valence-electron chi connectivity index (χ4n) is 3.52. The van der Waals surface area contributed by atoms with Gasteiger partial charge in [0.15, 0.2) is 0 Å². The highest BCUT2D eigenvalue weighted by atomic mass is 79.9.